The number of allylic oxidation sites excluding steroid dienone is 5. The Morgan fingerprint density at radius 2 is 1.89 bits per heavy atom. The van der Waals surface area contributed by atoms with Crippen LogP contribution in [0.1, 0.15) is 5.56 Å². The zero-order valence-corrected chi connectivity index (χ0v) is 14.8. The molecular formula is C23H19N3O. The third kappa shape index (κ3) is 2.99. The van der Waals surface area contributed by atoms with Crippen LogP contribution in [0.4, 0.5) is 0 Å². The number of hydrogen-bond donors (Lipinski definition) is 1. The van der Waals surface area contributed by atoms with Gasteiger partial charge in [0.15, 0.2) is 0 Å². The Hall–Kier alpha value is -3.40. The molecular weight excluding hydrogens is 334 g/mol. The van der Waals surface area contributed by atoms with Crippen LogP contribution in [-0.2, 0) is 11.2 Å². The second-order valence-corrected chi connectivity index (χ2v) is 6.93. The van der Waals surface area contributed by atoms with Crippen LogP contribution in [0.25, 0.3) is 16.7 Å². The molecule has 1 heterocycles. The Morgan fingerprint density at radius 3 is 2.78 bits per heavy atom. The maximum Gasteiger partial charge on any atom is 0.224 e. The van der Waals surface area contributed by atoms with Gasteiger partial charge in [0.25, 0.3) is 0 Å². The highest BCUT2D eigenvalue weighted by atomic mass is 16.1. The van der Waals surface area contributed by atoms with Gasteiger partial charge < -0.3 is 5.32 Å². The van der Waals surface area contributed by atoms with Crippen LogP contribution in [0.3, 0.4) is 0 Å². The van der Waals surface area contributed by atoms with E-state index in [1.807, 2.05) is 54.9 Å². The van der Waals surface area contributed by atoms with Crippen LogP contribution in [0, 0.1) is 5.92 Å². The monoisotopic (exact) mass is 353 g/mol. The summed E-state index contributed by atoms with van der Waals surface area (Å²) in [6.07, 6.45) is 8.84. The summed E-state index contributed by atoms with van der Waals surface area (Å²) in [5.74, 6) is 0.437. The summed E-state index contributed by atoms with van der Waals surface area (Å²) in [4.78, 5) is 16.6. The summed E-state index contributed by atoms with van der Waals surface area (Å²) in [7, 11) is 0. The molecule has 4 nitrogen and oxygen atoms in total. The van der Waals surface area contributed by atoms with E-state index in [1.165, 1.54) is 11.1 Å². The van der Waals surface area contributed by atoms with Gasteiger partial charge in [-0.2, -0.15) is 0 Å². The summed E-state index contributed by atoms with van der Waals surface area (Å²) >= 11 is 0. The molecule has 1 N–H and O–H groups in total. The lowest BCUT2D eigenvalue weighted by Gasteiger charge is -2.08. The van der Waals surface area contributed by atoms with Gasteiger partial charge in [0.05, 0.1) is 17.5 Å². The van der Waals surface area contributed by atoms with Gasteiger partial charge in [0, 0.05) is 18.2 Å². The Kier molecular flexibility index (Phi) is 3.75. The van der Waals surface area contributed by atoms with Gasteiger partial charge in [-0.15, -0.1) is 0 Å². The number of carbonyl (C=O) groups excluding carboxylic acids is 1. The fourth-order valence-corrected chi connectivity index (χ4v) is 3.68. The van der Waals surface area contributed by atoms with Crippen molar-refractivity contribution in [1.82, 2.24) is 14.9 Å². The first kappa shape index (κ1) is 15.8. The fraction of sp³-hybridized carbons (Fsp3) is 0.130. The van der Waals surface area contributed by atoms with E-state index >= 15 is 0 Å². The highest BCUT2D eigenvalue weighted by molar-refractivity contribution is 5.83. The Labute approximate surface area is 157 Å². The number of nitrogens with zero attached hydrogens (tertiary/aromatic N) is 2. The number of carbonyl (C=O) groups is 1. The summed E-state index contributed by atoms with van der Waals surface area (Å²) in [6.45, 7) is 0.616. The van der Waals surface area contributed by atoms with Gasteiger partial charge in [0.1, 0.15) is 6.33 Å². The lowest BCUT2D eigenvalue weighted by molar-refractivity contribution is -0.120. The normalized spacial score (nSPS) is 17.6. The predicted octanol–water partition coefficient (Wildman–Crippen LogP) is 3.73. The largest absolute Gasteiger partial charge is 0.352 e. The van der Waals surface area contributed by atoms with Gasteiger partial charge in [-0.05, 0) is 41.0 Å². The number of fused-ring (bicyclic) bond motifs is 2. The number of hydrogen-bond acceptors (Lipinski definition) is 2. The van der Waals surface area contributed by atoms with Crippen molar-refractivity contribution >= 4 is 22.6 Å². The fourth-order valence-electron chi connectivity index (χ4n) is 3.68. The lowest BCUT2D eigenvalue weighted by atomic mass is 10.1. The smallest absolute Gasteiger partial charge is 0.224 e. The predicted molar refractivity (Wildman–Crippen MR) is 107 cm³/mol. The molecule has 132 valence electrons. The Balaban J connectivity index is 1.28. The summed E-state index contributed by atoms with van der Waals surface area (Å²) in [6, 6.07) is 18.0. The average Bonchev–Trinajstić information content (AvgIpc) is 3.22. The molecule has 2 aliphatic rings. The third-order valence-electron chi connectivity index (χ3n) is 5.18. The summed E-state index contributed by atoms with van der Waals surface area (Å²) in [5, 5.41) is 3.05. The van der Waals surface area contributed by atoms with Crippen LogP contribution < -0.4 is 5.32 Å². The van der Waals surface area contributed by atoms with Gasteiger partial charge in [-0.25, -0.2) is 4.98 Å². The molecule has 4 heteroatoms. The van der Waals surface area contributed by atoms with E-state index in [9.17, 15) is 4.79 Å². The third-order valence-corrected chi connectivity index (χ3v) is 5.18. The van der Waals surface area contributed by atoms with E-state index in [4.69, 9.17) is 0 Å². The van der Waals surface area contributed by atoms with E-state index in [-0.39, 0.29) is 5.91 Å². The molecule has 0 fully saturated rings. The minimum atomic E-state index is 0.0618. The molecule has 3 aromatic rings. The minimum absolute atomic E-state index is 0.0618. The Morgan fingerprint density at radius 1 is 1.07 bits per heavy atom. The van der Waals surface area contributed by atoms with E-state index in [1.54, 1.807) is 0 Å². The molecule has 1 amide bonds. The van der Waals surface area contributed by atoms with E-state index in [0.717, 1.165) is 22.3 Å². The summed E-state index contributed by atoms with van der Waals surface area (Å²) in [5.41, 5.74) is 6.85. The van der Waals surface area contributed by atoms with E-state index < -0.39 is 0 Å². The number of amides is 1. The molecule has 5 rings (SSSR count). The SMILES string of the molecule is O=C(Cc1ccccc1)NCC1=C2C=C(n3cnc4ccccc43)C=CC21. The molecule has 1 aromatic heterocycles. The van der Waals surface area contributed by atoms with Crippen LogP contribution in [-0.4, -0.2) is 22.0 Å². The molecule has 0 aliphatic heterocycles. The first-order valence-corrected chi connectivity index (χ1v) is 9.15. The number of nitrogens with one attached hydrogen (secondary N) is 1. The van der Waals surface area contributed by atoms with Gasteiger partial charge in [-0.3, -0.25) is 9.36 Å². The molecule has 2 aromatic carbocycles. The molecule has 0 radical (unpaired) electrons. The first-order chi connectivity index (χ1) is 13.3. The minimum Gasteiger partial charge on any atom is -0.352 e. The highest BCUT2D eigenvalue weighted by Crippen LogP contribution is 2.45. The second-order valence-electron chi connectivity index (χ2n) is 6.93. The molecule has 27 heavy (non-hydrogen) atoms. The van der Waals surface area contributed by atoms with Gasteiger partial charge in [0.2, 0.25) is 5.91 Å². The van der Waals surface area contributed by atoms with Crippen molar-refractivity contribution in [3.8, 4) is 0 Å². The van der Waals surface area contributed by atoms with Crippen molar-refractivity contribution in [1.29, 1.82) is 0 Å². The Bertz CT molecular complexity index is 1120. The molecule has 2 aliphatic carbocycles. The zero-order valence-electron chi connectivity index (χ0n) is 14.8. The highest BCUT2D eigenvalue weighted by Gasteiger charge is 2.34. The molecule has 0 bridgehead atoms. The number of imidazole rings is 1. The first-order valence-electron chi connectivity index (χ1n) is 9.15. The quantitative estimate of drug-likeness (QED) is 0.760. The molecule has 0 saturated heterocycles. The van der Waals surface area contributed by atoms with Crippen molar-refractivity contribution < 1.29 is 4.79 Å². The maximum atomic E-state index is 12.2. The van der Waals surface area contributed by atoms with Crippen LogP contribution in [0.5, 0.6) is 0 Å². The van der Waals surface area contributed by atoms with Crippen LogP contribution in [0.15, 0.2) is 90.3 Å². The van der Waals surface area contributed by atoms with Crippen molar-refractivity contribution in [2.75, 3.05) is 6.54 Å². The van der Waals surface area contributed by atoms with Crippen molar-refractivity contribution in [3.63, 3.8) is 0 Å². The molecule has 1 unspecified atom stereocenters. The number of rotatable bonds is 5. The summed E-state index contributed by atoms with van der Waals surface area (Å²) < 4.78 is 2.11. The van der Waals surface area contributed by atoms with E-state index in [2.05, 4.69) is 39.2 Å². The standard InChI is InChI=1S/C23H19N3O/c27-23(12-16-6-2-1-3-7-16)24-14-20-18-11-10-17(13-19(18)20)26-15-25-21-8-4-5-9-22(21)26/h1-11,13,15,18H,12,14H2,(H,24,27). The molecule has 0 saturated carbocycles. The lowest BCUT2D eigenvalue weighted by Crippen LogP contribution is -2.26. The second kappa shape index (κ2) is 6.40. The zero-order chi connectivity index (χ0) is 18.2. The van der Waals surface area contributed by atoms with Crippen LogP contribution in [0.2, 0.25) is 0 Å². The topological polar surface area (TPSA) is 46.9 Å². The maximum absolute atomic E-state index is 12.2. The van der Waals surface area contributed by atoms with Crippen molar-refractivity contribution in [2.45, 2.75) is 6.42 Å². The molecule has 0 spiro atoms. The van der Waals surface area contributed by atoms with Gasteiger partial charge >= 0.3 is 0 Å². The van der Waals surface area contributed by atoms with E-state index in [0.29, 0.717) is 18.9 Å². The average molecular weight is 353 g/mol. The van der Waals surface area contributed by atoms with Crippen molar-refractivity contribution in [3.05, 3.63) is 95.9 Å². The molecule has 1 atom stereocenters. The number of aromatic nitrogens is 2. The van der Waals surface area contributed by atoms with Crippen LogP contribution >= 0.6 is 0 Å². The van der Waals surface area contributed by atoms with Gasteiger partial charge in [-0.1, -0.05) is 48.5 Å². The number of para-hydroxylation sites is 2. The van der Waals surface area contributed by atoms with Crippen molar-refractivity contribution in [2.24, 2.45) is 5.92 Å². The number of benzene rings is 2.